The lowest BCUT2D eigenvalue weighted by atomic mass is 10.1. The Morgan fingerprint density at radius 2 is 1.79 bits per heavy atom. The number of halogens is 1. The first-order valence-electron chi connectivity index (χ1n) is 7.84. The highest BCUT2D eigenvalue weighted by Gasteiger charge is 2.22. The molecule has 5 nitrogen and oxygen atoms in total. The zero-order valence-electron chi connectivity index (χ0n) is 13.2. The van der Waals surface area contributed by atoms with Crippen LogP contribution in [0.4, 0.5) is 5.13 Å². The second-order valence-corrected chi connectivity index (χ2v) is 7.40. The summed E-state index contributed by atoms with van der Waals surface area (Å²) in [5.41, 5.74) is 0.652. The summed E-state index contributed by atoms with van der Waals surface area (Å²) >= 11 is 4.96. The minimum atomic E-state index is 0.0114. The average molecular weight is 408 g/mol. The molecule has 1 aromatic heterocycles. The number of hydrogen-bond acceptors (Lipinski definition) is 5. The van der Waals surface area contributed by atoms with E-state index in [0.717, 1.165) is 22.7 Å². The van der Waals surface area contributed by atoms with E-state index in [1.54, 1.807) is 29.7 Å². The maximum Gasteiger partial charge on any atom is 0.223 e. The van der Waals surface area contributed by atoms with Crippen molar-refractivity contribution in [3.63, 3.8) is 0 Å². The van der Waals surface area contributed by atoms with Crippen LogP contribution in [0.1, 0.15) is 23.2 Å². The van der Waals surface area contributed by atoms with Crippen LogP contribution in [-0.4, -0.2) is 47.8 Å². The summed E-state index contributed by atoms with van der Waals surface area (Å²) in [6.07, 6.45) is 2.32. The highest BCUT2D eigenvalue weighted by atomic mass is 79.9. The van der Waals surface area contributed by atoms with Crippen molar-refractivity contribution in [3.8, 4) is 0 Å². The second-order valence-electron chi connectivity index (χ2n) is 5.61. The fraction of sp³-hybridized carbons (Fsp3) is 0.353. The normalized spacial score (nSPS) is 14.7. The fourth-order valence-corrected chi connectivity index (χ4v) is 3.64. The molecule has 1 aromatic carbocycles. The molecule has 24 heavy (non-hydrogen) atoms. The van der Waals surface area contributed by atoms with Gasteiger partial charge in [-0.2, -0.15) is 0 Å². The van der Waals surface area contributed by atoms with E-state index in [4.69, 9.17) is 0 Å². The van der Waals surface area contributed by atoms with Crippen LogP contribution in [0.15, 0.2) is 40.3 Å². The molecule has 0 aliphatic carbocycles. The van der Waals surface area contributed by atoms with Crippen molar-refractivity contribution in [2.24, 2.45) is 0 Å². The largest absolute Gasteiger partial charge is 0.345 e. The van der Waals surface area contributed by atoms with Gasteiger partial charge in [0.15, 0.2) is 10.9 Å². The molecular formula is C17H18BrN3O2S. The van der Waals surface area contributed by atoms with E-state index in [0.29, 0.717) is 18.7 Å². The van der Waals surface area contributed by atoms with E-state index in [9.17, 15) is 9.59 Å². The highest BCUT2D eigenvalue weighted by Crippen LogP contribution is 2.19. The van der Waals surface area contributed by atoms with E-state index in [-0.39, 0.29) is 24.5 Å². The number of rotatable bonds is 5. The Kier molecular flexibility index (Phi) is 5.63. The Morgan fingerprint density at radius 3 is 2.42 bits per heavy atom. The standard InChI is InChI=1S/C17H18BrN3O2S/c18-14-3-1-13(2-4-14)15(22)5-6-16(23)20-8-10-21(11-9-20)17-19-7-12-24-17/h1-4,7,12H,5-6,8-11H2. The summed E-state index contributed by atoms with van der Waals surface area (Å²) in [5, 5.41) is 2.97. The molecule has 1 amide bonds. The number of carbonyl (C=O) groups is 2. The van der Waals surface area contributed by atoms with Crippen molar-refractivity contribution in [2.75, 3.05) is 31.1 Å². The number of carbonyl (C=O) groups excluding carboxylic acids is 2. The number of piperazine rings is 1. The lowest BCUT2D eigenvalue weighted by Crippen LogP contribution is -2.48. The third kappa shape index (κ3) is 4.21. The van der Waals surface area contributed by atoms with E-state index < -0.39 is 0 Å². The Balaban J connectivity index is 1.46. The molecule has 1 fully saturated rings. The Bertz CT molecular complexity index is 695. The van der Waals surface area contributed by atoms with Gasteiger partial charge in [-0.1, -0.05) is 28.1 Å². The average Bonchev–Trinajstić information content (AvgIpc) is 3.15. The molecule has 0 atom stereocenters. The van der Waals surface area contributed by atoms with Crippen LogP contribution in [0.3, 0.4) is 0 Å². The van der Waals surface area contributed by atoms with Gasteiger partial charge in [0.2, 0.25) is 5.91 Å². The first-order chi connectivity index (χ1) is 11.6. The van der Waals surface area contributed by atoms with Gasteiger partial charge in [-0.25, -0.2) is 4.98 Å². The van der Waals surface area contributed by atoms with Gasteiger partial charge in [-0.15, -0.1) is 11.3 Å². The minimum Gasteiger partial charge on any atom is -0.345 e. The first kappa shape index (κ1) is 17.1. The zero-order chi connectivity index (χ0) is 16.9. The maximum atomic E-state index is 12.3. The van der Waals surface area contributed by atoms with Crippen LogP contribution < -0.4 is 4.90 Å². The lowest BCUT2D eigenvalue weighted by Gasteiger charge is -2.34. The third-order valence-corrected chi connectivity index (χ3v) is 5.42. The maximum absolute atomic E-state index is 12.3. The lowest BCUT2D eigenvalue weighted by molar-refractivity contribution is -0.131. The van der Waals surface area contributed by atoms with Gasteiger partial charge < -0.3 is 9.80 Å². The number of aromatic nitrogens is 1. The van der Waals surface area contributed by atoms with Gasteiger partial charge in [0.05, 0.1) is 0 Å². The summed E-state index contributed by atoms with van der Waals surface area (Å²) in [7, 11) is 0. The summed E-state index contributed by atoms with van der Waals surface area (Å²) in [5.74, 6) is 0.0662. The van der Waals surface area contributed by atoms with Crippen LogP contribution in [0.2, 0.25) is 0 Å². The quantitative estimate of drug-likeness (QED) is 0.713. The van der Waals surface area contributed by atoms with Crippen molar-refractivity contribution < 1.29 is 9.59 Å². The summed E-state index contributed by atoms with van der Waals surface area (Å²) in [6.45, 7) is 2.95. The van der Waals surface area contributed by atoms with Gasteiger partial charge in [-0.3, -0.25) is 9.59 Å². The molecule has 0 saturated carbocycles. The van der Waals surface area contributed by atoms with E-state index in [1.165, 1.54) is 0 Å². The predicted molar refractivity (Wildman–Crippen MR) is 98.6 cm³/mol. The number of benzene rings is 1. The molecule has 2 heterocycles. The van der Waals surface area contributed by atoms with Gasteiger partial charge in [0, 0.05) is 60.6 Å². The number of nitrogens with zero attached hydrogens (tertiary/aromatic N) is 3. The van der Waals surface area contributed by atoms with E-state index in [1.807, 2.05) is 22.4 Å². The molecule has 7 heteroatoms. The van der Waals surface area contributed by atoms with E-state index in [2.05, 4.69) is 25.8 Å². The second kappa shape index (κ2) is 7.90. The highest BCUT2D eigenvalue weighted by molar-refractivity contribution is 9.10. The molecule has 1 aliphatic rings. The Labute approximate surface area is 153 Å². The van der Waals surface area contributed by atoms with Crippen molar-refractivity contribution in [1.29, 1.82) is 0 Å². The molecule has 0 spiro atoms. The number of Topliss-reactive ketones (excluding diaryl/α,β-unsaturated/α-hetero) is 1. The molecule has 0 unspecified atom stereocenters. The topological polar surface area (TPSA) is 53.5 Å². The summed E-state index contributed by atoms with van der Waals surface area (Å²) in [4.78, 5) is 32.8. The van der Waals surface area contributed by atoms with Crippen LogP contribution >= 0.6 is 27.3 Å². The molecule has 1 saturated heterocycles. The smallest absolute Gasteiger partial charge is 0.223 e. The van der Waals surface area contributed by atoms with Crippen molar-refractivity contribution in [2.45, 2.75) is 12.8 Å². The molecule has 2 aromatic rings. The van der Waals surface area contributed by atoms with Crippen molar-refractivity contribution in [3.05, 3.63) is 45.9 Å². The van der Waals surface area contributed by atoms with Gasteiger partial charge >= 0.3 is 0 Å². The van der Waals surface area contributed by atoms with Gasteiger partial charge in [-0.05, 0) is 12.1 Å². The van der Waals surface area contributed by atoms with Crippen LogP contribution in [0, 0.1) is 0 Å². The van der Waals surface area contributed by atoms with Crippen LogP contribution in [0.5, 0.6) is 0 Å². The fourth-order valence-electron chi connectivity index (χ4n) is 2.68. The van der Waals surface area contributed by atoms with Crippen molar-refractivity contribution >= 4 is 44.1 Å². The minimum absolute atomic E-state index is 0.0114. The number of ketones is 1. The molecule has 0 N–H and O–H groups in total. The zero-order valence-corrected chi connectivity index (χ0v) is 15.6. The van der Waals surface area contributed by atoms with E-state index >= 15 is 0 Å². The SMILES string of the molecule is O=C(CCC(=O)N1CCN(c2nccs2)CC1)c1ccc(Br)cc1. The van der Waals surface area contributed by atoms with Crippen LogP contribution in [0.25, 0.3) is 0 Å². The number of anilines is 1. The molecule has 3 rings (SSSR count). The third-order valence-electron chi connectivity index (χ3n) is 4.05. The molecule has 0 radical (unpaired) electrons. The first-order valence-corrected chi connectivity index (χ1v) is 9.52. The van der Waals surface area contributed by atoms with Crippen molar-refractivity contribution in [1.82, 2.24) is 9.88 Å². The Hall–Kier alpha value is -1.73. The van der Waals surface area contributed by atoms with Gasteiger partial charge in [0.1, 0.15) is 0 Å². The number of hydrogen-bond donors (Lipinski definition) is 0. The molecule has 1 aliphatic heterocycles. The van der Waals surface area contributed by atoms with Gasteiger partial charge in [0.25, 0.3) is 0 Å². The Morgan fingerprint density at radius 1 is 1.08 bits per heavy atom. The number of thiazole rings is 1. The molecular weight excluding hydrogens is 390 g/mol. The monoisotopic (exact) mass is 407 g/mol. The number of amides is 1. The molecule has 0 bridgehead atoms. The summed E-state index contributed by atoms with van der Waals surface area (Å²) < 4.78 is 0.938. The summed E-state index contributed by atoms with van der Waals surface area (Å²) in [6, 6.07) is 7.24. The molecule has 126 valence electrons. The van der Waals surface area contributed by atoms with Crippen LogP contribution in [-0.2, 0) is 4.79 Å². The predicted octanol–water partition coefficient (Wildman–Crippen LogP) is 3.22.